The predicted molar refractivity (Wildman–Crippen MR) is 71.7 cm³/mol. The third kappa shape index (κ3) is 3.17. The zero-order valence-electron chi connectivity index (χ0n) is 10.5. The Morgan fingerprint density at radius 3 is 2.68 bits per heavy atom. The Kier molecular flexibility index (Phi) is 3.66. The van der Waals surface area contributed by atoms with Crippen LogP contribution in [0.1, 0.15) is 12.0 Å². The number of nitrogens with two attached hydrogens (primary N) is 1. The molecule has 0 aromatic heterocycles. The summed E-state index contributed by atoms with van der Waals surface area (Å²) in [6.07, 6.45) is 0.141. The molecule has 104 valence electrons. The molecule has 1 saturated heterocycles. The van der Waals surface area contributed by atoms with Crippen LogP contribution in [0.2, 0.25) is 0 Å². The SMILES string of the molecule is COc1cc(C(=N)N)ccc1OC1CCS(=O)(=O)C1. The van der Waals surface area contributed by atoms with Crippen molar-refractivity contribution in [1.29, 1.82) is 5.41 Å². The quantitative estimate of drug-likeness (QED) is 0.620. The Bertz CT molecular complexity index is 598. The standard InChI is InChI=1S/C12H16N2O4S/c1-17-11-6-8(12(13)14)2-3-10(11)18-9-4-5-19(15,16)7-9/h2-3,6,9H,4-5,7H2,1H3,(H3,13,14). The summed E-state index contributed by atoms with van der Waals surface area (Å²) < 4.78 is 33.6. The highest BCUT2D eigenvalue weighted by Gasteiger charge is 2.30. The topological polar surface area (TPSA) is 102 Å². The number of nitrogen functional groups attached to an aromatic ring is 1. The van der Waals surface area contributed by atoms with Crippen molar-refractivity contribution >= 4 is 15.7 Å². The Balaban J connectivity index is 2.19. The Morgan fingerprint density at radius 2 is 2.16 bits per heavy atom. The first-order valence-corrected chi connectivity index (χ1v) is 7.63. The third-order valence-corrected chi connectivity index (χ3v) is 4.70. The molecule has 6 nitrogen and oxygen atoms in total. The average molecular weight is 284 g/mol. The van der Waals surface area contributed by atoms with Crippen molar-refractivity contribution in [3.05, 3.63) is 23.8 Å². The van der Waals surface area contributed by atoms with E-state index < -0.39 is 9.84 Å². The van der Waals surface area contributed by atoms with Crippen LogP contribution < -0.4 is 15.2 Å². The number of ether oxygens (including phenoxy) is 2. The molecule has 1 fully saturated rings. The van der Waals surface area contributed by atoms with E-state index in [0.717, 1.165) is 0 Å². The van der Waals surface area contributed by atoms with Crippen molar-refractivity contribution in [2.75, 3.05) is 18.6 Å². The van der Waals surface area contributed by atoms with Gasteiger partial charge in [0.2, 0.25) is 0 Å². The Hall–Kier alpha value is -1.76. The van der Waals surface area contributed by atoms with Gasteiger partial charge in [0.15, 0.2) is 21.3 Å². The first-order valence-electron chi connectivity index (χ1n) is 5.81. The molecule has 0 aliphatic carbocycles. The summed E-state index contributed by atoms with van der Waals surface area (Å²) in [7, 11) is -1.49. The van der Waals surface area contributed by atoms with Gasteiger partial charge < -0.3 is 15.2 Å². The van der Waals surface area contributed by atoms with Crippen molar-refractivity contribution in [3.63, 3.8) is 0 Å². The second kappa shape index (κ2) is 5.08. The van der Waals surface area contributed by atoms with Gasteiger partial charge >= 0.3 is 0 Å². The normalized spacial score (nSPS) is 21.0. The van der Waals surface area contributed by atoms with Gasteiger partial charge in [-0.2, -0.15) is 0 Å². The molecule has 0 saturated carbocycles. The molecule has 1 aliphatic heterocycles. The van der Waals surface area contributed by atoms with Crippen molar-refractivity contribution in [3.8, 4) is 11.5 Å². The molecule has 0 bridgehead atoms. The largest absolute Gasteiger partial charge is 0.493 e. The van der Waals surface area contributed by atoms with Crippen LogP contribution in [0.25, 0.3) is 0 Å². The summed E-state index contributed by atoms with van der Waals surface area (Å²) in [5, 5.41) is 7.36. The minimum atomic E-state index is -2.98. The number of sulfone groups is 1. The number of amidine groups is 1. The fourth-order valence-corrected chi connectivity index (χ4v) is 3.56. The highest BCUT2D eigenvalue weighted by atomic mass is 32.2. The monoisotopic (exact) mass is 284 g/mol. The minimum absolute atomic E-state index is 0.0324. The van der Waals surface area contributed by atoms with E-state index in [0.29, 0.717) is 23.5 Å². The molecule has 1 heterocycles. The lowest BCUT2D eigenvalue weighted by molar-refractivity contribution is 0.218. The molecule has 0 radical (unpaired) electrons. The lowest BCUT2D eigenvalue weighted by atomic mass is 10.2. The van der Waals surface area contributed by atoms with Crippen LogP contribution in [0.5, 0.6) is 11.5 Å². The smallest absolute Gasteiger partial charge is 0.161 e. The maximum atomic E-state index is 11.4. The molecule has 19 heavy (non-hydrogen) atoms. The van der Waals surface area contributed by atoms with Crippen molar-refractivity contribution < 1.29 is 17.9 Å². The van der Waals surface area contributed by atoms with Gasteiger partial charge in [-0.1, -0.05) is 0 Å². The summed E-state index contributed by atoms with van der Waals surface area (Å²) in [5.41, 5.74) is 5.92. The lowest BCUT2D eigenvalue weighted by Crippen LogP contribution is -2.18. The maximum Gasteiger partial charge on any atom is 0.161 e. The number of rotatable bonds is 4. The van der Waals surface area contributed by atoms with Crippen molar-refractivity contribution in [2.24, 2.45) is 5.73 Å². The number of nitrogens with one attached hydrogen (secondary N) is 1. The van der Waals surface area contributed by atoms with E-state index in [-0.39, 0.29) is 23.4 Å². The molecule has 1 aliphatic rings. The average Bonchev–Trinajstić information content (AvgIpc) is 2.69. The van der Waals surface area contributed by atoms with Crippen LogP contribution in [0.4, 0.5) is 0 Å². The zero-order valence-corrected chi connectivity index (χ0v) is 11.4. The van der Waals surface area contributed by atoms with E-state index in [9.17, 15) is 8.42 Å². The van der Waals surface area contributed by atoms with Gasteiger partial charge in [0, 0.05) is 5.56 Å². The Morgan fingerprint density at radius 1 is 1.42 bits per heavy atom. The number of hydrogen-bond donors (Lipinski definition) is 2. The fourth-order valence-electron chi connectivity index (χ4n) is 1.97. The van der Waals surface area contributed by atoms with Crippen LogP contribution >= 0.6 is 0 Å². The van der Waals surface area contributed by atoms with Crippen LogP contribution in [-0.2, 0) is 9.84 Å². The van der Waals surface area contributed by atoms with Crippen LogP contribution in [-0.4, -0.2) is 39.0 Å². The second-order valence-electron chi connectivity index (χ2n) is 4.42. The molecule has 0 amide bonds. The highest BCUT2D eigenvalue weighted by Crippen LogP contribution is 2.30. The summed E-state index contributed by atoms with van der Waals surface area (Å²) in [6.45, 7) is 0. The summed E-state index contributed by atoms with van der Waals surface area (Å²) in [6, 6.07) is 4.88. The molecule has 7 heteroatoms. The van der Waals surface area contributed by atoms with E-state index in [1.165, 1.54) is 7.11 Å². The zero-order chi connectivity index (χ0) is 14.0. The van der Waals surface area contributed by atoms with Crippen LogP contribution in [0, 0.1) is 5.41 Å². The van der Waals surface area contributed by atoms with Gasteiger partial charge in [0.05, 0.1) is 18.6 Å². The fraction of sp³-hybridized carbons (Fsp3) is 0.417. The van der Waals surface area contributed by atoms with E-state index in [1.54, 1.807) is 18.2 Å². The summed E-state index contributed by atoms with van der Waals surface area (Å²) >= 11 is 0. The predicted octanol–water partition coefficient (Wildman–Crippen LogP) is 0.545. The third-order valence-electron chi connectivity index (χ3n) is 2.96. The summed E-state index contributed by atoms with van der Waals surface area (Å²) in [4.78, 5) is 0. The van der Waals surface area contributed by atoms with E-state index in [1.807, 2.05) is 0 Å². The van der Waals surface area contributed by atoms with E-state index >= 15 is 0 Å². The molecule has 1 aromatic rings. The highest BCUT2D eigenvalue weighted by molar-refractivity contribution is 7.91. The number of benzene rings is 1. The van der Waals surface area contributed by atoms with Gasteiger partial charge in [-0.25, -0.2) is 8.42 Å². The van der Waals surface area contributed by atoms with Gasteiger partial charge in [-0.15, -0.1) is 0 Å². The molecule has 1 atom stereocenters. The first kappa shape index (κ1) is 13.7. The molecule has 1 unspecified atom stereocenters. The van der Waals surface area contributed by atoms with Gasteiger partial charge in [-0.3, -0.25) is 5.41 Å². The second-order valence-corrected chi connectivity index (χ2v) is 6.65. The van der Waals surface area contributed by atoms with E-state index in [2.05, 4.69) is 0 Å². The minimum Gasteiger partial charge on any atom is -0.493 e. The molecular formula is C12H16N2O4S. The van der Waals surface area contributed by atoms with Crippen LogP contribution in [0.15, 0.2) is 18.2 Å². The lowest BCUT2D eigenvalue weighted by Gasteiger charge is -2.15. The van der Waals surface area contributed by atoms with Crippen LogP contribution in [0.3, 0.4) is 0 Å². The molecule has 3 N–H and O–H groups in total. The van der Waals surface area contributed by atoms with Gasteiger partial charge in [-0.05, 0) is 24.6 Å². The molecule has 0 spiro atoms. The molecule has 2 rings (SSSR count). The Labute approximate surface area is 111 Å². The first-order chi connectivity index (χ1) is 8.91. The molecule has 1 aromatic carbocycles. The number of hydrogen-bond acceptors (Lipinski definition) is 5. The number of methoxy groups -OCH3 is 1. The maximum absolute atomic E-state index is 11.4. The van der Waals surface area contributed by atoms with Crippen molar-refractivity contribution in [1.82, 2.24) is 0 Å². The molecular weight excluding hydrogens is 268 g/mol. The summed E-state index contributed by atoms with van der Waals surface area (Å²) in [5.74, 6) is 1.04. The van der Waals surface area contributed by atoms with Gasteiger partial charge in [0.25, 0.3) is 0 Å². The van der Waals surface area contributed by atoms with E-state index in [4.69, 9.17) is 20.6 Å². The van der Waals surface area contributed by atoms with Crippen molar-refractivity contribution in [2.45, 2.75) is 12.5 Å². The van der Waals surface area contributed by atoms with Gasteiger partial charge in [0.1, 0.15) is 11.9 Å².